The van der Waals surface area contributed by atoms with Gasteiger partial charge in [0.25, 0.3) is 0 Å². The lowest BCUT2D eigenvalue weighted by Gasteiger charge is -2.24. The molecule has 0 aliphatic carbocycles. The molecular formula is C6H9BrN2. The molecule has 0 bridgehead atoms. The van der Waals surface area contributed by atoms with E-state index >= 15 is 0 Å². The predicted molar refractivity (Wildman–Crippen MR) is 39.4 cm³/mol. The Bertz CT molecular complexity index is 132. The van der Waals surface area contributed by atoms with Crippen molar-refractivity contribution in [3.8, 4) is 6.07 Å². The molecule has 1 aliphatic heterocycles. The SMILES string of the molecule is N#CC1(Br)CCNCC1. The topological polar surface area (TPSA) is 35.8 Å². The molecule has 0 spiro atoms. The first-order valence-electron chi connectivity index (χ1n) is 3.08. The summed E-state index contributed by atoms with van der Waals surface area (Å²) in [6.45, 7) is 1.91. The van der Waals surface area contributed by atoms with Crippen LogP contribution in [0.3, 0.4) is 0 Å². The summed E-state index contributed by atoms with van der Waals surface area (Å²) in [4.78, 5) is 0. The van der Waals surface area contributed by atoms with E-state index in [1.807, 2.05) is 0 Å². The zero-order valence-corrected chi connectivity index (χ0v) is 6.74. The normalized spacial score (nSPS) is 24.9. The Morgan fingerprint density at radius 3 is 2.33 bits per heavy atom. The molecular weight excluding hydrogens is 180 g/mol. The average Bonchev–Trinajstić information content (AvgIpc) is 1.90. The number of hydrogen-bond acceptors (Lipinski definition) is 2. The van der Waals surface area contributed by atoms with Crippen LogP contribution in [0, 0.1) is 11.3 Å². The van der Waals surface area contributed by atoms with Gasteiger partial charge in [0.2, 0.25) is 0 Å². The maximum absolute atomic E-state index is 8.63. The highest BCUT2D eigenvalue weighted by Gasteiger charge is 2.27. The molecule has 0 unspecified atom stereocenters. The maximum atomic E-state index is 8.63. The van der Waals surface area contributed by atoms with E-state index < -0.39 is 0 Å². The molecule has 50 valence electrons. The first-order chi connectivity index (χ1) is 4.27. The van der Waals surface area contributed by atoms with E-state index in [0.717, 1.165) is 25.9 Å². The number of nitriles is 1. The standard InChI is InChI=1S/C6H9BrN2/c7-6(5-8)1-3-9-4-2-6/h9H,1-4H2. The van der Waals surface area contributed by atoms with Crippen LogP contribution in [-0.4, -0.2) is 17.4 Å². The van der Waals surface area contributed by atoms with Gasteiger partial charge in [-0.1, -0.05) is 15.9 Å². The Hall–Kier alpha value is -0.0700. The molecule has 2 nitrogen and oxygen atoms in total. The van der Waals surface area contributed by atoms with Crippen LogP contribution in [0.25, 0.3) is 0 Å². The monoisotopic (exact) mass is 188 g/mol. The van der Waals surface area contributed by atoms with Crippen molar-refractivity contribution in [2.24, 2.45) is 0 Å². The maximum Gasteiger partial charge on any atom is 0.114 e. The molecule has 0 amide bonds. The van der Waals surface area contributed by atoms with Crippen molar-refractivity contribution in [3.05, 3.63) is 0 Å². The third-order valence-corrected chi connectivity index (χ3v) is 2.57. The minimum absolute atomic E-state index is 0.224. The second kappa shape index (κ2) is 2.68. The molecule has 0 radical (unpaired) electrons. The predicted octanol–water partition coefficient (Wildman–Crippen LogP) is 1.03. The van der Waals surface area contributed by atoms with Crippen LogP contribution in [0.1, 0.15) is 12.8 Å². The fourth-order valence-corrected chi connectivity index (χ4v) is 1.33. The Labute approximate surface area is 63.4 Å². The van der Waals surface area contributed by atoms with E-state index in [1.54, 1.807) is 0 Å². The van der Waals surface area contributed by atoms with Gasteiger partial charge in [-0.2, -0.15) is 5.26 Å². The minimum Gasteiger partial charge on any atom is -0.317 e. The highest BCUT2D eigenvalue weighted by Crippen LogP contribution is 2.26. The second-order valence-electron chi connectivity index (χ2n) is 2.33. The molecule has 0 aromatic rings. The highest BCUT2D eigenvalue weighted by atomic mass is 79.9. The van der Waals surface area contributed by atoms with Crippen molar-refractivity contribution in [1.82, 2.24) is 5.32 Å². The molecule has 0 saturated carbocycles. The van der Waals surface area contributed by atoms with Crippen LogP contribution in [0.5, 0.6) is 0 Å². The lowest BCUT2D eigenvalue weighted by atomic mass is 10.00. The van der Waals surface area contributed by atoms with Gasteiger partial charge in [0.05, 0.1) is 6.07 Å². The molecule has 0 aromatic carbocycles. The summed E-state index contributed by atoms with van der Waals surface area (Å²) in [5.41, 5.74) is 0. The van der Waals surface area contributed by atoms with Crippen molar-refractivity contribution < 1.29 is 0 Å². The number of nitrogens with one attached hydrogen (secondary N) is 1. The summed E-state index contributed by atoms with van der Waals surface area (Å²) in [6.07, 6.45) is 1.84. The third-order valence-electron chi connectivity index (χ3n) is 1.60. The van der Waals surface area contributed by atoms with E-state index in [0.29, 0.717) is 0 Å². The largest absolute Gasteiger partial charge is 0.317 e. The van der Waals surface area contributed by atoms with Crippen LogP contribution >= 0.6 is 15.9 Å². The summed E-state index contributed by atoms with van der Waals surface area (Å²) >= 11 is 3.39. The van der Waals surface area contributed by atoms with Crippen molar-refractivity contribution in [3.63, 3.8) is 0 Å². The van der Waals surface area contributed by atoms with Crippen LogP contribution < -0.4 is 5.32 Å². The quantitative estimate of drug-likeness (QED) is 0.577. The van der Waals surface area contributed by atoms with Gasteiger partial charge in [0, 0.05) is 0 Å². The summed E-state index contributed by atoms with van der Waals surface area (Å²) in [5.74, 6) is 0. The lowest BCUT2D eigenvalue weighted by molar-refractivity contribution is 0.483. The summed E-state index contributed by atoms with van der Waals surface area (Å²) in [6, 6.07) is 2.26. The molecule has 1 fully saturated rings. The molecule has 1 N–H and O–H groups in total. The third kappa shape index (κ3) is 1.67. The lowest BCUT2D eigenvalue weighted by Crippen LogP contribution is -2.36. The van der Waals surface area contributed by atoms with Gasteiger partial charge in [-0.15, -0.1) is 0 Å². The zero-order chi connectivity index (χ0) is 6.74. The van der Waals surface area contributed by atoms with Crippen LogP contribution in [0.4, 0.5) is 0 Å². The average molecular weight is 189 g/mol. The van der Waals surface area contributed by atoms with E-state index in [2.05, 4.69) is 27.3 Å². The molecule has 1 aliphatic rings. The van der Waals surface area contributed by atoms with Gasteiger partial charge in [0.1, 0.15) is 4.32 Å². The fourth-order valence-electron chi connectivity index (χ4n) is 0.935. The van der Waals surface area contributed by atoms with Crippen molar-refractivity contribution in [1.29, 1.82) is 5.26 Å². The van der Waals surface area contributed by atoms with Crippen molar-refractivity contribution >= 4 is 15.9 Å². The first kappa shape index (κ1) is 7.04. The van der Waals surface area contributed by atoms with Gasteiger partial charge in [-0.3, -0.25) is 0 Å². The number of rotatable bonds is 0. The molecule has 9 heavy (non-hydrogen) atoms. The van der Waals surface area contributed by atoms with Gasteiger partial charge in [0.15, 0.2) is 0 Å². The Kier molecular flexibility index (Phi) is 2.09. The van der Waals surface area contributed by atoms with Gasteiger partial charge in [-0.25, -0.2) is 0 Å². The van der Waals surface area contributed by atoms with Crippen LogP contribution in [0.2, 0.25) is 0 Å². The van der Waals surface area contributed by atoms with Crippen molar-refractivity contribution in [2.75, 3.05) is 13.1 Å². The minimum atomic E-state index is -0.224. The Morgan fingerprint density at radius 2 is 2.00 bits per heavy atom. The molecule has 1 heterocycles. The van der Waals surface area contributed by atoms with Crippen LogP contribution in [0.15, 0.2) is 0 Å². The van der Waals surface area contributed by atoms with Crippen LogP contribution in [-0.2, 0) is 0 Å². The number of alkyl halides is 1. The zero-order valence-electron chi connectivity index (χ0n) is 5.15. The Balaban J connectivity index is 2.49. The molecule has 1 rings (SSSR count). The summed E-state index contributed by atoms with van der Waals surface area (Å²) in [7, 11) is 0. The number of hydrogen-bond donors (Lipinski definition) is 1. The molecule has 0 atom stereocenters. The van der Waals surface area contributed by atoms with Gasteiger partial charge >= 0.3 is 0 Å². The number of piperidine rings is 1. The second-order valence-corrected chi connectivity index (χ2v) is 3.85. The van der Waals surface area contributed by atoms with E-state index in [1.165, 1.54) is 0 Å². The van der Waals surface area contributed by atoms with E-state index in [9.17, 15) is 0 Å². The molecule has 3 heteroatoms. The number of nitrogens with zero attached hydrogens (tertiary/aromatic N) is 1. The molecule has 0 aromatic heterocycles. The number of halogens is 1. The fraction of sp³-hybridized carbons (Fsp3) is 0.833. The van der Waals surface area contributed by atoms with E-state index in [4.69, 9.17) is 5.26 Å². The van der Waals surface area contributed by atoms with Crippen molar-refractivity contribution in [2.45, 2.75) is 17.2 Å². The van der Waals surface area contributed by atoms with Gasteiger partial charge < -0.3 is 5.32 Å². The first-order valence-corrected chi connectivity index (χ1v) is 3.87. The summed E-state index contributed by atoms with van der Waals surface area (Å²) < 4.78 is -0.224. The highest BCUT2D eigenvalue weighted by molar-refractivity contribution is 9.10. The van der Waals surface area contributed by atoms with Gasteiger partial charge in [-0.05, 0) is 25.9 Å². The molecule has 1 saturated heterocycles. The summed E-state index contributed by atoms with van der Waals surface area (Å²) in [5, 5.41) is 11.8. The Morgan fingerprint density at radius 1 is 1.44 bits per heavy atom. The smallest absolute Gasteiger partial charge is 0.114 e. The van der Waals surface area contributed by atoms with E-state index in [-0.39, 0.29) is 4.32 Å².